The van der Waals surface area contributed by atoms with Crippen molar-refractivity contribution in [3.63, 3.8) is 0 Å². The molecular weight excluding hydrogens is 310 g/mol. The first-order chi connectivity index (χ1) is 11.2. The standard InChI is InChI=1S/C16H19N5OS/c1-3-18-16(22)13-11(9-17)14-15(21(13)2)20-12(23-14)8-10-6-4-5-7-19-10/h4-7H,3,8-9,17H2,1-2H3,(H,18,22). The number of nitrogens with one attached hydrogen (secondary N) is 1. The molecule has 6 nitrogen and oxygen atoms in total. The zero-order chi connectivity index (χ0) is 16.4. The van der Waals surface area contributed by atoms with Crippen LogP contribution in [0.15, 0.2) is 24.4 Å². The molecule has 3 aromatic rings. The molecule has 0 radical (unpaired) electrons. The van der Waals surface area contributed by atoms with E-state index < -0.39 is 0 Å². The smallest absolute Gasteiger partial charge is 0.268 e. The predicted octanol–water partition coefficient (Wildman–Crippen LogP) is 1.83. The number of thiazole rings is 1. The van der Waals surface area contributed by atoms with E-state index in [0.717, 1.165) is 26.6 Å². The zero-order valence-electron chi connectivity index (χ0n) is 13.2. The number of hydrogen-bond donors (Lipinski definition) is 2. The van der Waals surface area contributed by atoms with E-state index in [1.165, 1.54) is 0 Å². The lowest BCUT2D eigenvalue weighted by molar-refractivity contribution is 0.0947. The molecule has 23 heavy (non-hydrogen) atoms. The predicted molar refractivity (Wildman–Crippen MR) is 91.5 cm³/mol. The van der Waals surface area contributed by atoms with E-state index in [2.05, 4.69) is 15.3 Å². The summed E-state index contributed by atoms with van der Waals surface area (Å²) in [6, 6.07) is 5.84. The van der Waals surface area contributed by atoms with Gasteiger partial charge in [0, 0.05) is 44.0 Å². The highest BCUT2D eigenvalue weighted by Crippen LogP contribution is 2.31. The van der Waals surface area contributed by atoms with Crippen LogP contribution >= 0.6 is 11.3 Å². The fourth-order valence-corrected chi connectivity index (χ4v) is 3.82. The molecule has 3 aromatic heterocycles. The first-order valence-corrected chi connectivity index (χ1v) is 8.32. The van der Waals surface area contributed by atoms with Crippen LogP contribution in [0.2, 0.25) is 0 Å². The van der Waals surface area contributed by atoms with E-state index in [0.29, 0.717) is 25.2 Å². The van der Waals surface area contributed by atoms with Crippen LogP contribution in [0.4, 0.5) is 0 Å². The molecule has 0 aliphatic heterocycles. The Labute approximate surface area is 138 Å². The number of carbonyl (C=O) groups excluding carboxylic acids is 1. The van der Waals surface area contributed by atoms with Gasteiger partial charge in [0.1, 0.15) is 10.7 Å². The third kappa shape index (κ3) is 2.85. The van der Waals surface area contributed by atoms with Gasteiger partial charge in [-0.2, -0.15) is 0 Å². The van der Waals surface area contributed by atoms with Gasteiger partial charge in [0.05, 0.1) is 4.70 Å². The maximum absolute atomic E-state index is 12.3. The van der Waals surface area contributed by atoms with Crippen LogP contribution < -0.4 is 11.1 Å². The summed E-state index contributed by atoms with van der Waals surface area (Å²) in [5, 5.41) is 3.81. The summed E-state index contributed by atoms with van der Waals surface area (Å²) in [5.74, 6) is -0.105. The molecule has 0 aliphatic rings. The Morgan fingerprint density at radius 1 is 1.43 bits per heavy atom. The molecule has 0 aliphatic carbocycles. The van der Waals surface area contributed by atoms with Gasteiger partial charge in [-0.05, 0) is 19.1 Å². The van der Waals surface area contributed by atoms with Crippen LogP contribution in [-0.2, 0) is 20.0 Å². The fourth-order valence-electron chi connectivity index (χ4n) is 2.65. The maximum atomic E-state index is 12.3. The van der Waals surface area contributed by atoms with Crippen LogP contribution in [0.5, 0.6) is 0 Å². The highest BCUT2D eigenvalue weighted by molar-refractivity contribution is 7.18. The van der Waals surface area contributed by atoms with Crippen LogP contribution in [0.1, 0.15) is 33.7 Å². The van der Waals surface area contributed by atoms with Crippen molar-refractivity contribution >= 4 is 27.6 Å². The molecular formula is C16H19N5OS. The monoisotopic (exact) mass is 329 g/mol. The number of amides is 1. The van der Waals surface area contributed by atoms with Crippen LogP contribution in [-0.4, -0.2) is 27.0 Å². The second-order valence-corrected chi connectivity index (χ2v) is 6.29. The number of rotatable bonds is 5. The van der Waals surface area contributed by atoms with Gasteiger partial charge in [-0.15, -0.1) is 11.3 Å². The van der Waals surface area contributed by atoms with Gasteiger partial charge >= 0.3 is 0 Å². The molecule has 0 saturated heterocycles. The van der Waals surface area contributed by atoms with Gasteiger partial charge in [0.25, 0.3) is 5.91 Å². The topological polar surface area (TPSA) is 85.8 Å². The summed E-state index contributed by atoms with van der Waals surface area (Å²) >= 11 is 1.58. The number of nitrogens with zero attached hydrogens (tertiary/aromatic N) is 3. The number of pyridine rings is 1. The number of carbonyl (C=O) groups is 1. The lowest BCUT2D eigenvalue weighted by atomic mass is 10.2. The molecule has 0 spiro atoms. The number of aryl methyl sites for hydroxylation is 1. The first-order valence-electron chi connectivity index (χ1n) is 7.50. The molecule has 0 unspecified atom stereocenters. The van der Waals surface area contributed by atoms with E-state index in [4.69, 9.17) is 5.73 Å². The summed E-state index contributed by atoms with van der Waals surface area (Å²) in [6.45, 7) is 2.80. The summed E-state index contributed by atoms with van der Waals surface area (Å²) in [7, 11) is 1.86. The van der Waals surface area contributed by atoms with Gasteiger partial charge in [0.15, 0.2) is 5.65 Å². The molecule has 0 saturated carbocycles. The van der Waals surface area contributed by atoms with E-state index in [9.17, 15) is 4.79 Å². The lowest BCUT2D eigenvalue weighted by Crippen LogP contribution is -2.26. The second kappa shape index (κ2) is 6.47. The average Bonchev–Trinajstić information content (AvgIpc) is 3.06. The van der Waals surface area contributed by atoms with E-state index in [1.54, 1.807) is 17.5 Å². The Kier molecular flexibility index (Phi) is 4.40. The Hall–Kier alpha value is -2.25. The van der Waals surface area contributed by atoms with Crippen LogP contribution in [0, 0.1) is 0 Å². The van der Waals surface area contributed by atoms with Crippen molar-refractivity contribution < 1.29 is 4.79 Å². The van der Waals surface area contributed by atoms with E-state index >= 15 is 0 Å². The maximum Gasteiger partial charge on any atom is 0.268 e. The third-order valence-corrected chi connectivity index (χ3v) is 4.79. The molecule has 0 bridgehead atoms. The van der Waals surface area contributed by atoms with Gasteiger partial charge in [-0.25, -0.2) is 4.98 Å². The molecule has 120 valence electrons. The second-order valence-electron chi connectivity index (χ2n) is 5.21. The zero-order valence-corrected chi connectivity index (χ0v) is 14.0. The normalized spacial score (nSPS) is 11.1. The van der Waals surface area contributed by atoms with Gasteiger partial charge in [-0.1, -0.05) is 6.07 Å². The number of fused-ring (bicyclic) bond motifs is 1. The summed E-state index contributed by atoms with van der Waals surface area (Å²) in [6.07, 6.45) is 2.46. The highest BCUT2D eigenvalue weighted by atomic mass is 32.1. The minimum absolute atomic E-state index is 0.105. The first kappa shape index (κ1) is 15.6. The molecule has 1 amide bonds. The Morgan fingerprint density at radius 3 is 2.91 bits per heavy atom. The van der Waals surface area contributed by atoms with E-state index in [-0.39, 0.29) is 5.91 Å². The summed E-state index contributed by atoms with van der Waals surface area (Å²) in [4.78, 5) is 21.3. The molecule has 3 rings (SSSR count). The van der Waals surface area contributed by atoms with Gasteiger partial charge < -0.3 is 15.6 Å². The van der Waals surface area contributed by atoms with Gasteiger partial charge in [-0.3, -0.25) is 9.78 Å². The number of hydrogen-bond acceptors (Lipinski definition) is 5. The van der Waals surface area contributed by atoms with Crippen LogP contribution in [0.3, 0.4) is 0 Å². The largest absolute Gasteiger partial charge is 0.351 e. The summed E-state index contributed by atoms with van der Waals surface area (Å²) in [5.41, 5.74) is 9.15. The lowest BCUT2D eigenvalue weighted by Gasteiger charge is -2.06. The molecule has 3 N–H and O–H groups in total. The molecule has 3 heterocycles. The molecule has 0 fully saturated rings. The van der Waals surface area contributed by atoms with E-state index in [1.807, 2.05) is 36.7 Å². The Balaban J connectivity index is 2.02. The van der Waals surface area contributed by atoms with Crippen molar-refractivity contribution in [3.8, 4) is 0 Å². The Morgan fingerprint density at radius 2 is 2.26 bits per heavy atom. The van der Waals surface area contributed by atoms with Crippen molar-refractivity contribution in [1.29, 1.82) is 0 Å². The van der Waals surface area contributed by atoms with Crippen molar-refractivity contribution in [2.75, 3.05) is 6.54 Å². The number of nitrogens with two attached hydrogens (primary N) is 1. The molecule has 0 atom stereocenters. The minimum Gasteiger partial charge on any atom is -0.351 e. The fraction of sp³-hybridized carbons (Fsp3) is 0.312. The van der Waals surface area contributed by atoms with Crippen LogP contribution in [0.25, 0.3) is 10.3 Å². The highest BCUT2D eigenvalue weighted by Gasteiger charge is 2.23. The number of aromatic nitrogens is 3. The van der Waals surface area contributed by atoms with Gasteiger partial charge in [0.2, 0.25) is 0 Å². The molecule has 7 heteroatoms. The van der Waals surface area contributed by atoms with Crippen molar-refractivity contribution in [2.24, 2.45) is 12.8 Å². The van der Waals surface area contributed by atoms with Crippen molar-refractivity contribution in [2.45, 2.75) is 19.9 Å². The quantitative estimate of drug-likeness (QED) is 0.748. The minimum atomic E-state index is -0.105. The SMILES string of the molecule is CCNC(=O)c1c(CN)c2sc(Cc3ccccn3)nc2n1C. The average molecular weight is 329 g/mol. The van der Waals surface area contributed by atoms with Crippen molar-refractivity contribution in [3.05, 3.63) is 46.4 Å². The summed E-state index contributed by atoms with van der Waals surface area (Å²) < 4.78 is 2.82. The molecule has 0 aromatic carbocycles. The Bertz CT molecular complexity index is 837. The third-order valence-electron chi connectivity index (χ3n) is 3.68. The van der Waals surface area contributed by atoms with Crippen molar-refractivity contribution in [1.82, 2.24) is 19.9 Å².